The summed E-state index contributed by atoms with van der Waals surface area (Å²) in [4.78, 5) is 37.7. The van der Waals surface area contributed by atoms with E-state index >= 15 is 0 Å². The lowest BCUT2D eigenvalue weighted by molar-refractivity contribution is -0.384. The summed E-state index contributed by atoms with van der Waals surface area (Å²) in [6.07, 6.45) is 0. The van der Waals surface area contributed by atoms with Crippen molar-refractivity contribution in [3.63, 3.8) is 0 Å². The van der Waals surface area contributed by atoms with Crippen LogP contribution in [0.25, 0.3) is 11.0 Å². The summed E-state index contributed by atoms with van der Waals surface area (Å²) >= 11 is 0. The van der Waals surface area contributed by atoms with Gasteiger partial charge in [0.15, 0.2) is 0 Å². The molecule has 0 bridgehead atoms. The monoisotopic (exact) mass is 282 g/mol. The van der Waals surface area contributed by atoms with Crippen LogP contribution >= 0.6 is 8.73 Å². The molecule has 1 atom stereocenters. The van der Waals surface area contributed by atoms with Crippen molar-refractivity contribution < 1.29 is 4.92 Å². The third-order valence-corrected chi connectivity index (χ3v) is 3.09. The largest absolute Gasteiger partial charge is 0.316 e. The van der Waals surface area contributed by atoms with E-state index in [9.17, 15) is 19.7 Å². The zero-order valence-electron chi connectivity index (χ0n) is 9.94. The first-order valence-electron chi connectivity index (χ1n) is 5.36. The molecule has 19 heavy (non-hydrogen) atoms. The van der Waals surface area contributed by atoms with Crippen LogP contribution in [0, 0.1) is 10.1 Å². The fraction of sp³-hybridized carbons (Fsp3) is 0.200. The van der Waals surface area contributed by atoms with Crippen molar-refractivity contribution >= 4 is 25.5 Å². The fourth-order valence-electron chi connectivity index (χ4n) is 1.71. The lowest BCUT2D eigenvalue weighted by atomic mass is 10.1. The van der Waals surface area contributed by atoms with Gasteiger partial charge in [0.25, 0.3) is 5.69 Å². The molecule has 0 aliphatic carbocycles. The topological polar surface area (TPSA) is 121 Å². The van der Waals surface area contributed by atoms with Crippen molar-refractivity contribution in [2.24, 2.45) is 0 Å². The molecule has 3 N–H and O–H groups in total. The minimum atomic E-state index is -0.829. The molecule has 0 fully saturated rings. The predicted octanol–water partition coefficient (Wildman–Crippen LogP) is 0.437. The van der Waals surface area contributed by atoms with Crippen LogP contribution in [0.4, 0.5) is 5.69 Å². The van der Waals surface area contributed by atoms with Gasteiger partial charge in [-0.2, -0.15) is 0 Å². The van der Waals surface area contributed by atoms with Crippen molar-refractivity contribution in [2.45, 2.75) is 6.54 Å². The van der Waals surface area contributed by atoms with E-state index in [4.69, 9.17) is 0 Å². The number of hydrogen-bond acceptors (Lipinski definition) is 5. The maximum Gasteiger partial charge on any atom is 0.314 e. The molecule has 0 spiro atoms. The number of nitrogens with one attached hydrogen (secondary N) is 3. The number of H-pyrrole nitrogens is 2. The zero-order chi connectivity index (χ0) is 14.0. The maximum atomic E-state index is 11.3. The van der Waals surface area contributed by atoms with Gasteiger partial charge >= 0.3 is 11.1 Å². The Morgan fingerprint density at radius 3 is 2.63 bits per heavy atom. The van der Waals surface area contributed by atoms with Gasteiger partial charge in [0.1, 0.15) is 0 Å². The molecule has 0 radical (unpaired) electrons. The molecule has 2 aromatic rings. The van der Waals surface area contributed by atoms with Crippen LogP contribution in [0.2, 0.25) is 0 Å². The van der Waals surface area contributed by atoms with Gasteiger partial charge in [-0.3, -0.25) is 24.8 Å². The Morgan fingerprint density at radius 1 is 1.32 bits per heavy atom. The molecular weight excluding hydrogens is 271 g/mol. The number of non-ortho nitro benzene ring substituents is 1. The molecule has 2 rings (SSSR count). The fourth-order valence-corrected chi connectivity index (χ4v) is 2.08. The van der Waals surface area contributed by atoms with Gasteiger partial charge < -0.3 is 9.97 Å². The number of benzene rings is 1. The van der Waals surface area contributed by atoms with Crippen LogP contribution in [-0.2, 0) is 6.54 Å². The van der Waals surface area contributed by atoms with Gasteiger partial charge in [0.2, 0.25) is 0 Å². The molecule has 1 aromatic carbocycles. The SMILES string of the molecule is CPNCc1cc([N+](=O)[O-])cc2[nH]c(=O)c(=O)[nH]c12. The van der Waals surface area contributed by atoms with E-state index in [1.54, 1.807) is 0 Å². The Bertz CT molecular complexity index is 751. The molecule has 8 nitrogen and oxygen atoms in total. The first-order valence-corrected chi connectivity index (χ1v) is 6.86. The van der Waals surface area contributed by atoms with Gasteiger partial charge in [-0.15, -0.1) is 0 Å². The summed E-state index contributed by atoms with van der Waals surface area (Å²) in [6.45, 7) is 2.29. The summed E-state index contributed by atoms with van der Waals surface area (Å²) < 4.78 is 0. The predicted molar refractivity (Wildman–Crippen MR) is 72.9 cm³/mol. The average Bonchev–Trinajstić information content (AvgIpc) is 2.37. The van der Waals surface area contributed by atoms with Crippen LogP contribution in [0.5, 0.6) is 0 Å². The number of nitro groups is 1. The van der Waals surface area contributed by atoms with Crippen LogP contribution < -0.4 is 16.2 Å². The van der Waals surface area contributed by atoms with Crippen molar-refractivity contribution in [2.75, 3.05) is 6.66 Å². The number of nitro benzene ring substituents is 1. The van der Waals surface area contributed by atoms with Gasteiger partial charge in [0.05, 0.1) is 16.0 Å². The third kappa shape index (κ3) is 2.69. The summed E-state index contributed by atoms with van der Waals surface area (Å²) in [5.41, 5.74) is -0.528. The number of fused-ring (bicyclic) bond motifs is 1. The Kier molecular flexibility index (Phi) is 3.73. The number of nitrogens with zero attached hydrogens (tertiary/aromatic N) is 1. The normalized spacial score (nSPS) is 11.4. The smallest absolute Gasteiger partial charge is 0.314 e. The molecule has 0 saturated heterocycles. The molecule has 0 aliphatic heterocycles. The van der Waals surface area contributed by atoms with Crippen molar-refractivity contribution in [1.82, 2.24) is 15.1 Å². The van der Waals surface area contributed by atoms with Gasteiger partial charge in [0, 0.05) is 18.7 Å². The van der Waals surface area contributed by atoms with Gasteiger partial charge in [-0.1, -0.05) is 8.73 Å². The highest BCUT2D eigenvalue weighted by atomic mass is 31.1. The summed E-state index contributed by atoms with van der Waals surface area (Å²) in [7, 11) is 0.457. The summed E-state index contributed by atoms with van der Waals surface area (Å²) in [5, 5.41) is 13.9. The lowest BCUT2D eigenvalue weighted by Crippen LogP contribution is -2.29. The minimum absolute atomic E-state index is 0.133. The standard InChI is InChI=1S/C10H11N4O4P/c1-19-11-4-5-2-6(14(17)18)3-7-8(5)13-10(16)9(15)12-7/h2-3,11,19H,4H2,1H3,(H,12,15)(H,13,16). The van der Waals surface area contributed by atoms with E-state index in [2.05, 4.69) is 15.1 Å². The highest BCUT2D eigenvalue weighted by Gasteiger charge is 2.13. The Labute approximate surface area is 108 Å². The molecule has 0 saturated carbocycles. The molecule has 100 valence electrons. The van der Waals surface area contributed by atoms with Crippen LogP contribution in [0.15, 0.2) is 21.7 Å². The number of aromatic nitrogens is 2. The number of aromatic amines is 2. The van der Waals surface area contributed by atoms with E-state index in [-0.39, 0.29) is 11.2 Å². The molecule has 0 aliphatic rings. The van der Waals surface area contributed by atoms with Gasteiger partial charge in [-0.05, 0) is 12.2 Å². The van der Waals surface area contributed by atoms with E-state index in [1.165, 1.54) is 12.1 Å². The Morgan fingerprint density at radius 2 is 2.00 bits per heavy atom. The van der Waals surface area contributed by atoms with E-state index in [0.29, 0.717) is 26.4 Å². The number of rotatable bonds is 4. The highest BCUT2D eigenvalue weighted by Crippen LogP contribution is 2.21. The third-order valence-electron chi connectivity index (χ3n) is 2.56. The maximum absolute atomic E-state index is 11.3. The first kappa shape index (κ1) is 13.4. The second-order valence-corrected chi connectivity index (χ2v) is 4.65. The lowest BCUT2D eigenvalue weighted by Gasteiger charge is -2.06. The average molecular weight is 282 g/mol. The molecule has 1 aromatic heterocycles. The molecule has 0 amide bonds. The first-order chi connectivity index (χ1) is 9.02. The van der Waals surface area contributed by atoms with Gasteiger partial charge in [-0.25, -0.2) is 0 Å². The Hall–Kier alpha value is -2.05. The van der Waals surface area contributed by atoms with E-state index in [0.717, 1.165) is 0 Å². The van der Waals surface area contributed by atoms with Crippen molar-refractivity contribution in [3.05, 3.63) is 48.5 Å². The van der Waals surface area contributed by atoms with E-state index < -0.39 is 16.0 Å². The Balaban J connectivity index is 2.74. The second-order valence-electron chi connectivity index (χ2n) is 3.80. The molecule has 1 heterocycles. The van der Waals surface area contributed by atoms with E-state index in [1.807, 2.05) is 6.66 Å². The summed E-state index contributed by atoms with van der Waals surface area (Å²) in [6, 6.07) is 2.61. The second kappa shape index (κ2) is 5.29. The quantitative estimate of drug-likeness (QED) is 0.325. The zero-order valence-corrected chi connectivity index (χ0v) is 10.9. The highest BCUT2D eigenvalue weighted by molar-refractivity contribution is 7.34. The van der Waals surface area contributed by atoms with Crippen molar-refractivity contribution in [1.29, 1.82) is 0 Å². The summed E-state index contributed by atoms with van der Waals surface area (Å²) in [5.74, 6) is 0. The molecule has 1 unspecified atom stereocenters. The molecule has 9 heteroatoms. The number of hydrogen-bond donors (Lipinski definition) is 3. The minimum Gasteiger partial charge on any atom is -0.316 e. The van der Waals surface area contributed by atoms with Crippen LogP contribution in [0.1, 0.15) is 5.56 Å². The molecular formula is C10H11N4O4P. The van der Waals surface area contributed by atoms with Crippen LogP contribution in [-0.4, -0.2) is 21.6 Å². The van der Waals surface area contributed by atoms with Crippen molar-refractivity contribution in [3.8, 4) is 0 Å². The van der Waals surface area contributed by atoms with Crippen LogP contribution in [0.3, 0.4) is 0 Å².